The van der Waals surface area contributed by atoms with Gasteiger partial charge in [-0.15, -0.1) is 11.3 Å². The third-order valence-electron chi connectivity index (χ3n) is 2.86. The lowest BCUT2D eigenvalue weighted by Gasteiger charge is -2.32. The molecule has 1 nitrogen and oxygen atoms in total. The lowest BCUT2D eigenvalue weighted by molar-refractivity contribution is 0.176. The monoisotopic (exact) mass is 274 g/mol. The number of thioether (sulfide) groups is 2. The van der Waals surface area contributed by atoms with Crippen molar-refractivity contribution < 1.29 is 5.11 Å². The highest BCUT2D eigenvalue weighted by molar-refractivity contribution is 8.07. The van der Waals surface area contributed by atoms with Crippen LogP contribution in [0.4, 0.5) is 0 Å². The summed E-state index contributed by atoms with van der Waals surface area (Å²) in [4.78, 5) is 2.42. The minimum atomic E-state index is -0.276. The van der Waals surface area contributed by atoms with E-state index in [0.29, 0.717) is 10.5 Å². The van der Waals surface area contributed by atoms with Crippen LogP contribution in [0.5, 0.6) is 0 Å². The molecule has 0 amide bonds. The van der Waals surface area contributed by atoms with Crippen LogP contribution in [0, 0.1) is 6.92 Å². The van der Waals surface area contributed by atoms with E-state index in [1.54, 1.807) is 11.3 Å². The predicted octanol–water partition coefficient (Wildman–Crippen LogP) is 3.72. The second-order valence-corrected chi connectivity index (χ2v) is 8.00. The number of thiophene rings is 1. The first-order chi connectivity index (χ1) is 7.72. The van der Waals surface area contributed by atoms with E-state index in [2.05, 4.69) is 26.0 Å². The zero-order chi connectivity index (χ0) is 11.5. The highest BCUT2D eigenvalue weighted by Crippen LogP contribution is 2.41. The number of aliphatic hydroxyl groups excluding tert-OH is 1. The van der Waals surface area contributed by atoms with Crippen molar-refractivity contribution in [2.75, 3.05) is 11.5 Å². The van der Waals surface area contributed by atoms with Crippen LogP contribution in [-0.4, -0.2) is 27.1 Å². The van der Waals surface area contributed by atoms with E-state index in [9.17, 15) is 5.11 Å². The first-order valence-corrected chi connectivity index (χ1v) is 8.61. The van der Waals surface area contributed by atoms with Gasteiger partial charge in [0.25, 0.3) is 0 Å². The van der Waals surface area contributed by atoms with Crippen LogP contribution in [0.3, 0.4) is 0 Å². The Morgan fingerprint density at radius 2 is 2.12 bits per heavy atom. The molecule has 1 fully saturated rings. The number of aliphatic hydroxyl groups is 1. The van der Waals surface area contributed by atoms with Crippen LogP contribution in [0.25, 0.3) is 0 Å². The molecule has 1 aliphatic rings. The minimum Gasteiger partial charge on any atom is -0.386 e. The minimum absolute atomic E-state index is 0.276. The highest BCUT2D eigenvalue weighted by atomic mass is 32.2. The zero-order valence-corrected chi connectivity index (χ0v) is 12.1. The number of rotatable bonds is 3. The van der Waals surface area contributed by atoms with E-state index < -0.39 is 0 Å². The van der Waals surface area contributed by atoms with E-state index in [1.165, 1.54) is 16.4 Å². The molecule has 1 aliphatic heterocycles. The second-order valence-electron chi connectivity index (χ2n) is 4.05. The van der Waals surface area contributed by atoms with Crippen LogP contribution >= 0.6 is 34.9 Å². The molecule has 0 saturated carbocycles. The first kappa shape index (κ1) is 12.8. The van der Waals surface area contributed by atoms with Gasteiger partial charge >= 0.3 is 0 Å². The van der Waals surface area contributed by atoms with Gasteiger partial charge < -0.3 is 5.11 Å². The Bertz CT molecular complexity index is 337. The Morgan fingerprint density at radius 3 is 2.75 bits per heavy atom. The molecule has 0 spiro atoms. The van der Waals surface area contributed by atoms with Crippen molar-refractivity contribution in [3.8, 4) is 0 Å². The van der Waals surface area contributed by atoms with Gasteiger partial charge in [-0.25, -0.2) is 0 Å². The number of hydrogen-bond acceptors (Lipinski definition) is 4. The summed E-state index contributed by atoms with van der Waals surface area (Å²) in [6.45, 7) is 4.32. The SMILES string of the molecule is CCC1SCCSC1C(O)c1ccc(C)s1. The molecule has 0 radical (unpaired) electrons. The summed E-state index contributed by atoms with van der Waals surface area (Å²) in [6.07, 6.45) is 0.880. The molecule has 1 saturated heterocycles. The standard InChI is InChI=1S/C12H18OS3/c1-3-9-12(15-7-6-14-9)11(13)10-5-4-8(2)16-10/h4-5,9,11-13H,3,6-7H2,1-2H3. The van der Waals surface area contributed by atoms with Gasteiger partial charge in [0.1, 0.15) is 6.10 Å². The Labute approximate surface area is 110 Å². The van der Waals surface area contributed by atoms with Crippen molar-refractivity contribution in [1.29, 1.82) is 0 Å². The Kier molecular flexibility index (Phi) is 4.65. The molecular weight excluding hydrogens is 256 g/mol. The zero-order valence-electron chi connectivity index (χ0n) is 9.68. The maximum Gasteiger partial charge on any atom is 0.101 e. The van der Waals surface area contributed by atoms with Crippen LogP contribution in [-0.2, 0) is 0 Å². The first-order valence-electron chi connectivity index (χ1n) is 5.70. The normalized spacial score (nSPS) is 27.9. The van der Waals surface area contributed by atoms with Gasteiger partial charge in [-0.3, -0.25) is 0 Å². The van der Waals surface area contributed by atoms with Crippen molar-refractivity contribution >= 4 is 34.9 Å². The smallest absolute Gasteiger partial charge is 0.101 e. The predicted molar refractivity (Wildman–Crippen MR) is 76.8 cm³/mol. The molecule has 1 aromatic rings. The van der Waals surface area contributed by atoms with Gasteiger partial charge in [0.2, 0.25) is 0 Å². The topological polar surface area (TPSA) is 20.2 Å². The van der Waals surface area contributed by atoms with Crippen molar-refractivity contribution in [3.05, 3.63) is 21.9 Å². The summed E-state index contributed by atoms with van der Waals surface area (Å²) in [5.74, 6) is 2.41. The van der Waals surface area contributed by atoms with Crippen molar-refractivity contribution in [2.24, 2.45) is 0 Å². The molecular formula is C12H18OS3. The summed E-state index contributed by atoms with van der Waals surface area (Å²) in [7, 11) is 0. The highest BCUT2D eigenvalue weighted by Gasteiger charge is 2.32. The molecule has 0 aromatic carbocycles. The third kappa shape index (κ3) is 2.78. The maximum atomic E-state index is 10.4. The quantitative estimate of drug-likeness (QED) is 0.907. The number of hydrogen-bond donors (Lipinski definition) is 1. The lowest BCUT2D eigenvalue weighted by Crippen LogP contribution is -2.30. The van der Waals surface area contributed by atoms with E-state index in [0.717, 1.165) is 11.3 Å². The molecule has 4 heteroatoms. The molecule has 3 unspecified atom stereocenters. The average Bonchev–Trinajstić information content (AvgIpc) is 2.75. The van der Waals surface area contributed by atoms with Gasteiger partial charge in [-0.05, 0) is 25.5 Å². The Morgan fingerprint density at radius 1 is 1.38 bits per heavy atom. The summed E-state index contributed by atoms with van der Waals surface area (Å²) >= 11 is 5.70. The Hall–Kier alpha value is 0.360. The lowest BCUT2D eigenvalue weighted by atomic mass is 10.1. The molecule has 0 aliphatic carbocycles. The van der Waals surface area contributed by atoms with E-state index in [4.69, 9.17) is 0 Å². The Balaban J connectivity index is 2.10. The molecule has 1 aromatic heterocycles. The van der Waals surface area contributed by atoms with Gasteiger partial charge in [-0.1, -0.05) is 6.92 Å². The summed E-state index contributed by atoms with van der Waals surface area (Å²) in [6, 6.07) is 4.18. The molecule has 2 heterocycles. The van der Waals surface area contributed by atoms with E-state index in [-0.39, 0.29) is 6.10 Å². The molecule has 1 N–H and O–H groups in total. The van der Waals surface area contributed by atoms with Gasteiger partial charge in [0.05, 0.1) is 0 Å². The molecule has 16 heavy (non-hydrogen) atoms. The number of aryl methyl sites for hydroxylation is 1. The molecule has 90 valence electrons. The second kappa shape index (κ2) is 5.80. The maximum absolute atomic E-state index is 10.4. The van der Waals surface area contributed by atoms with Gasteiger partial charge in [0.15, 0.2) is 0 Å². The van der Waals surface area contributed by atoms with Crippen molar-refractivity contribution in [3.63, 3.8) is 0 Å². The van der Waals surface area contributed by atoms with Crippen LogP contribution in [0.2, 0.25) is 0 Å². The summed E-state index contributed by atoms with van der Waals surface area (Å²) < 4.78 is 0. The van der Waals surface area contributed by atoms with Gasteiger partial charge in [-0.2, -0.15) is 23.5 Å². The largest absolute Gasteiger partial charge is 0.386 e. The van der Waals surface area contributed by atoms with Crippen LogP contribution in [0.1, 0.15) is 29.2 Å². The fourth-order valence-corrected chi connectivity index (χ4v) is 6.13. The summed E-state index contributed by atoms with van der Waals surface area (Å²) in [5.41, 5.74) is 0. The third-order valence-corrected chi connectivity index (χ3v) is 7.27. The average molecular weight is 274 g/mol. The van der Waals surface area contributed by atoms with Crippen LogP contribution < -0.4 is 0 Å². The van der Waals surface area contributed by atoms with E-state index >= 15 is 0 Å². The fraction of sp³-hybridized carbons (Fsp3) is 0.667. The van der Waals surface area contributed by atoms with Crippen molar-refractivity contribution in [2.45, 2.75) is 36.9 Å². The molecule has 2 rings (SSSR count). The van der Waals surface area contributed by atoms with E-state index in [1.807, 2.05) is 23.5 Å². The van der Waals surface area contributed by atoms with Crippen LogP contribution in [0.15, 0.2) is 12.1 Å². The molecule has 3 atom stereocenters. The van der Waals surface area contributed by atoms with Gasteiger partial charge in [0, 0.05) is 31.8 Å². The molecule has 0 bridgehead atoms. The summed E-state index contributed by atoms with van der Waals surface area (Å²) in [5, 5.41) is 11.4. The fourth-order valence-electron chi connectivity index (χ4n) is 2.00. The van der Waals surface area contributed by atoms with Crippen molar-refractivity contribution in [1.82, 2.24) is 0 Å².